The molecule has 4 heterocycles. The lowest BCUT2D eigenvalue weighted by Gasteiger charge is -2.23. The molecule has 0 atom stereocenters. The normalized spacial score (nSPS) is 15.2. The molecule has 2 saturated carbocycles. The number of hydrogen-bond donors (Lipinski definition) is 1. The van der Waals surface area contributed by atoms with Gasteiger partial charge in [0.25, 0.3) is 0 Å². The number of ether oxygens (including phenoxy) is 1. The number of thiophene rings is 2. The zero-order valence-electron chi connectivity index (χ0n) is 33.5. The zero-order chi connectivity index (χ0) is 39.6. The van der Waals surface area contributed by atoms with Crippen LogP contribution in [-0.2, 0) is 20.7 Å². The van der Waals surface area contributed by atoms with Crippen LogP contribution in [0.1, 0.15) is 126 Å². The minimum atomic E-state index is 0.141. The van der Waals surface area contributed by atoms with Gasteiger partial charge in [0.15, 0.2) is 11.6 Å². The topological polar surface area (TPSA) is 73.5 Å². The van der Waals surface area contributed by atoms with Crippen LogP contribution in [0.25, 0.3) is 42.9 Å². The van der Waals surface area contributed by atoms with Crippen LogP contribution < -0.4 is 4.74 Å². The number of carbonyl (C=O) groups excluding carboxylic acids is 2. The smallest absolute Gasteiger partial charge is 0.169 e. The maximum Gasteiger partial charge on any atom is 0.169 e. The summed E-state index contributed by atoms with van der Waals surface area (Å²) < 4.78 is 13.1. The number of aryl methyl sites for hydroxylation is 2. The average Bonchev–Trinajstić information content (AvgIpc) is 4.00. The summed E-state index contributed by atoms with van der Waals surface area (Å²) in [5, 5.41) is 9.65. The van der Waals surface area contributed by atoms with Gasteiger partial charge in [0.1, 0.15) is 18.1 Å². The van der Waals surface area contributed by atoms with E-state index >= 15 is 0 Å². The van der Waals surface area contributed by atoms with E-state index in [0.29, 0.717) is 18.4 Å². The van der Waals surface area contributed by atoms with Crippen LogP contribution in [0.3, 0.4) is 0 Å². The van der Waals surface area contributed by atoms with Crippen LogP contribution in [0.2, 0.25) is 0 Å². The third-order valence-corrected chi connectivity index (χ3v) is 14.6. The number of phenols is 1. The van der Waals surface area contributed by atoms with Gasteiger partial charge in [-0.3, -0.25) is 9.59 Å². The Morgan fingerprint density at radius 1 is 0.632 bits per heavy atom. The van der Waals surface area contributed by atoms with Crippen molar-refractivity contribution in [2.45, 2.75) is 96.5 Å². The molecule has 0 unspecified atom stereocenters. The molecule has 0 bridgehead atoms. The van der Waals surface area contributed by atoms with Gasteiger partial charge in [-0.1, -0.05) is 68.9 Å². The Labute approximate surface area is 343 Å². The Hall–Kier alpha value is -4.92. The Bertz CT molecular complexity index is 2510. The minimum absolute atomic E-state index is 0.141. The van der Waals surface area contributed by atoms with E-state index in [-0.39, 0.29) is 17.3 Å². The first-order valence-corrected chi connectivity index (χ1v) is 22.1. The molecule has 0 spiro atoms. The molecule has 3 aromatic carbocycles. The zero-order valence-corrected chi connectivity index (χ0v) is 35.1. The first-order valence-electron chi connectivity index (χ1n) is 20.5. The van der Waals surface area contributed by atoms with E-state index in [1.165, 1.54) is 113 Å². The fraction of sp³-hybridized carbons (Fsp3) is 0.347. The van der Waals surface area contributed by atoms with Crippen molar-refractivity contribution in [3.8, 4) is 34.0 Å². The molecule has 294 valence electrons. The number of Topliss-reactive ketones (excluding diaryl/α,β-unsaturated/α-hetero) is 2. The van der Waals surface area contributed by atoms with Crippen molar-refractivity contribution < 1.29 is 19.4 Å². The summed E-state index contributed by atoms with van der Waals surface area (Å²) in [4.78, 5) is 25.6. The monoisotopic (exact) mass is 796 g/mol. The van der Waals surface area contributed by atoms with E-state index in [1.54, 1.807) is 48.7 Å². The molecule has 0 radical (unpaired) electrons. The molecule has 57 heavy (non-hydrogen) atoms. The van der Waals surface area contributed by atoms with E-state index in [2.05, 4.69) is 65.7 Å². The van der Waals surface area contributed by atoms with Crippen LogP contribution in [0, 0.1) is 0 Å². The summed E-state index contributed by atoms with van der Waals surface area (Å²) in [5.74, 6) is 2.59. The van der Waals surface area contributed by atoms with E-state index in [4.69, 9.17) is 4.74 Å². The van der Waals surface area contributed by atoms with Crippen molar-refractivity contribution in [3.05, 3.63) is 117 Å². The molecule has 0 aliphatic heterocycles. The van der Waals surface area contributed by atoms with Crippen molar-refractivity contribution in [1.29, 1.82) is 0 Å². The van der Waals surface area contributed by atoms with Crippen LogP contribution in [0.4, 0.5) is 0 Å². The number of aromatic hydroxyl groups is 1. The lowest BCUT2D eigenvalue weighted by atomic mass is 9.83. The highest BCUT2D eigenvalue weighted by molar-refractivity contribution is 7.21. The number of fused-ring (bicyclic) bond motifs is 2. The van der Waals surface area contributed by atoms with Gasteiger partial charge in [-0.25, -0.2) is 0 Å². The predicted molar refractivity (Wildman–Crippen MR) is 237 cm³/mol. The first kappa shape index (κ1) is 38.9. The van der Waals surface area contributed by atoms with Crippen molar-refractivity contribution in [2.24, 2.45) is 14.1 Å². The van der Waals surface area contributed by atoms with Crippen molar-refractivity contribution in [3.63, 3.8) is 0 Å². The highest BCUT2D eigenvalue weighted by atomic mass is 32.1. The summed E-state index contributed by atoms with van der Waals surface area (Å²) in [6, 6.07) is 30.4. The van der Waals surface area contributed by atoms with Gasteiger partial charge in [-0.05, 0) is 140 Å². The number of ketones is 2. The molecule has 0 saturated heterocycles. The minimum Gasteiger partial charge on any atom is -0.508 e. The second-order valence-electron chi connectivity index (χ2n) is 15.9. The highest BCUT2D eigenvalue weighted by Gasteiger charge is 2.29. The van der Waals surface area contributed by atoms with E-state index in [0.717, 1.165) is 26.6 Å². The Balaban J connectivity index is 0.000000165. The first-order chi connectivity index (χ1) is 27.7. The Kier molecular flexibility index (Phi) is 11.5. The number of rotatable bonds is 9. The van der Waals surface area contributed by atoms with Gasteiger partial charge in [-0.2, -0.15) is 0 Å². The van der Waals surface area contributed by atoms with Crippen LogP contribution >= 0.6 is 22.7 Å². The average molecular weight is 797 g/mol. The SMILES string of the molecule is CC(=O)c1cc2c(s1)c(C1CCCCC1)c(-c1ccc(O)cc1)n2C.CC(=O)c1cc2c(s1)c(C1CCCCC1)c(-c1ccc(OCc3ccccc3)cc1)n2C. The van der Waals surface area contributed by atoms with Crippen molar-refractivity contribution in [2.75, 3.05) is 0 Å². The quantitative estimate of drug-likeness (QED) is 0.148. The second-order valence-corrected chi connectivity index (χ2v) is 18.0. The third-order valence-electron chi connectivity index (χ3n) is 12.1. The molecule has 6 nitrogen and oxygen atoms in total. The van der Waals surface area contributed by atoms with Crippen molar-refractivity contribution in [1.82, 2.24) is 9.13 Å². The fourth-order valence-electron chi connectivity index (χ4n) is 9.12. The maximum absolute atomic E-state index is 12.1. The summed E-state index contributed by atoms with van der Waals surface area (Å²) in [6.07, 6.45) is 12.7. The van der Waals surface area contributed by atoms with Crippen molar-refractivity contribution >= 4 is 54.7 Å². The van der Waals surface area contributed by atoms with E-state index in [9.17, 15) is 14.7 Å². The Morgan fingerprint density at radius 3 is 1.51 bits per heavy atom. The lowest BCUT2D eigenvalue weighted by Crippen LogP contribution is -2.06. The number of carbonyl (C=O) groups is 2. The molecule has 1 N–H and O–H groups in total. The molecule has 2 aliphatic carbocycles. The summed E-state index contributed by atoms with van der Waals surface area (Å²) in [5.41, 5.74) is 11.2. The molecule has 2 fully saturated rings. The van der Waals surface area contributed by atoms with Gasteiger partial charge < -0.3 is 19.0 Å². The van der Waals surface area contributed by atoms with Crippen LogP contribution in [0.15, 0.2) is 91.0 Å². The lowest BCUT2D eigenvalue weighted by molar-refractivity contribution is 0.101. The van der Waals surface area contributed by atoms with E-state index in [1.807, 2.05) is 36.4 Å². The largest absolute Gasteiger partial charge is 0.508 e. The van der Waals surface area contributed by atoms with Gasteiger partial charge in [0, 0.05) is 14.1 Å². The number of hydrogen-bond acceptors (Lipinski definition) is 6. The third kappa shape index (κ3) is 7.99. The van der Waals surface area contributed by atoms with Gasteiger partial charge in [0.2, 0.25) is 0 Å². The van der Waals surface area contributed by atoms with Gasteiger partial charge in [0.05, 0.1) is 41.6 Å². The van der Waals surface area contributed by atoms with Crippen LogP contribution in [-0.4, -0.2) is 25.8 Å². The molecule has 9 rings (SSSR count). The number of nitrogens with zero attached hydrogens (tertiary/aromatic N) is 2. The summed E-state index contributed by atoms with van der Waals surface area (Å²) in [6.45, 7) is 3.88. The Morgan fingerprint density at radius 2 is 1.07 bits per heavy atom. The van der Waals surface area contributed by atoms with Crippen LogP contribution in [0.5, 0.6) is 11.5 Å². The highest BCUT2D eigenvalue weighted by Crippen LogP contribution is 2.48. The molecule has 2 aliphatic rings. The summed E-state index contributed by atoms with van der Waals surface area (Å²) in [7, 11) is 4.23. The number of phenolic OH excluding ortho intramolecular Hbond substituents is 1. The van der Waals surface area contributed by atoms with Gasteiger partial charge in [-0.15, -0.1) is 22.7 Å². The van der Waals surface area contributed by atoms with Gasteiger partial charge >= 0.3 is 0 Å². The molecular formula is C49H52N2O4S2. The molecule has 8 heteroatoms. The predicted octanol–water partition coefficient (Wildman–Crippen LogP) is 13.6. The molecular weight excluding hydrogens is 745 g/mol. The summed E-state index contributed by atoms with van der Waals surface area (Å²) >= 11 is 3.31. The molecule has 0 amide bonds. The number of benzene rings is 3. The van der Waals surface area contributed by atoms with E-state index < -0.39 is 0 Å². The maximum atomic E-state index is 12.1. The molecule has 4 aromatic heterocycles. The second kappa shape index (κ2) is 16.9. The number of aromatic nitrogens is 2. The standard InChI is InChI=1S/C28H29NO2S.C21H23NO2S/c1-19(30)25-17-24-28(32-25)26(21-11-7-4-8-12-21)27(29(24)2)22-13-15-23(16-14-22)31-18-20-9-5-3-6-10-20;1-13(23)18-12-17-21(25-18)19(14-6-4-3-5-7-14)20(22(17)2)15-8-10-16(24)11-9-15/h3,5-6,9-10,13-17,21H,4,7-8,11-12,18H2,1-2H3;8-12,14,24H,3-7H2,1-2H3. The molecule has 7 aromatic rings. The fourth-order valence-corrected chi connectivity index (χ4v) is 11.5.